The van der Waals surface area contributed by atoms with Crippen LogP contribution in [0.1, 0.15) is 15.4 Å². The largest absolute Gasteiger partial charge is 0.464 e. The average molecular weight is 397 g/mol. The highest BCUT2D eigenvalue weighted by molar-refractivity contribution is 9.10. The van der Waals surface area contributed by atoms with Gasteiger partial charge in [0.25, 0.3) is 10.0 Å². The molecule has 0 fully saturated rings. The molecule has 6 nitrogen and oxygen atoms in total. The third kappa shape index (κ3) is 3.26. The van der Waals surface area contributed by atoms with Gasteiger partial charge in [-0.25, -0.2) is 22.9 Å². The van der Waals surface area contributed by atoms with Crippen LogP contribution in [0.2, 0.25) is 0 Å². The maximum absolute atomic E-state index is 12.2. The molecule has 0 bridgehead atoms. The Balaban J connectivity index is 2.21. The zero-order chi connectivity index (χ0) is 14.8. The van der Waals surface area contributed by atoms with Crippen molar-refractivity contribution in [2.75, 3.05) is 7.11 Å². The van der Waals surface area contributed by atoms with Crippen molar-refractivity contribution in [2.24, 2.45) is 0 Å². The van der Waals surface area contributed by atoms with E-state index < -0.39 is 16.0 Å². The Morgan fingerprint density at radius 1 is 1.50 bits per heavy atom. The van der Waals surface area contributed by atoms with Gasteiger partial charge in [0.15, 0.2) is 9.90 Å². The second kappa shape index (κ2) is 6.31. The summed E-state index contributed by atoms with van der Waals surface area (Å²) in [6, 6.07) is 1.83. The van der Waals surface area contributed by atoms with Crippen molar-refractivity contribution in [3.8, 4) is 0 Å². The number of esters is 1. The number of nitrogens with one attached hydrogen (secondary N) is 1. The molecule has 1 N–H and O–H groups in total. The Kier molecular flexibility index (Phi) is 4.91. The van der Waals surface area contributed by atoms with Crippen LogP contribution in [0.15, 0.2) is 25.6 Å². The van der Waals surface area contributed by atoms with Crippen LogP contribution < -0.4 is 4.72 Å². The van der Waals surface area contributed by atoms with Crippen LogP contribution in [0.4, 0.5) is 0 Å². The lowest BCUT2D eigenvalue weighted by atomic mass is 10.5. The minimum atomic E-state index is -3.80. The molecule has 2 heterocycles. The van der Waals surface area contributed by atoms with E-state index >= 15 is 0 Å². The predicted molar refractivity (Wildman–Crippen MR) is 79.5 cm³/mol. The Morgan fingerprint density at radius 2 is 2.25 bits per heavy atom. The van der Waals surface area contributed by atoms with E-state index in [9.17, 15) is 13.2 Å². The molecule has 0 saturated carbocycles. The standard InChI is InChI=1S/C10H9BrN2O4S3/c1-17-9(14)8-10(19-5-12-8)20(15,16)13-4-7-6(11)2-3-18-7/h2-3,5,13H,4H2,1H3. The maximum atomic E-state index is 12.2. The van der Waals surface area contributed by atoms with E-state index in [4.69, 9.17) is 0 Å². The number of thiazole rings is 1. The summed E-state index contributed by atoms with van der Waals surface area (Å²) in [7, 11) is -2.63. The molecule has 0 radical (unpaired) electrons. The minimum absolute atomic E-state index is 0.138. The molecule has 2 aromatic heterocycles. The summed E-state index contributed by atoms with van der Waals surface area (Å²) in [5.74, 6) is -0.774. The number of halogens is 1. The molecular formula is C10H9BrN2O4S3. The number of carbonyl (C=O) groups is 1. The van der Waals surface area contributed by atoms with Gasteiger partial charge in [-0.05, 0) is 27.4 Å². The van der Waals surface area contributed by atoms with Gasteiger partial charge in [0.2, 0.25) is 0 Å². The van der Waals surface area contributed by atoms with Crippen molar-refractivity contribution in [1.29, 1.82) is 0 Å². The number of nitrogens with zero attached hydrogens (tertiary/aromatic N) is 1. The molecule has 10 heteroatoms. The molecule has 0 aromatic carbocycles. The molecular weight excluding hydrogens is 388 g/mol. The molecule has 0 aliphatic heterocycles. The maximum Gasteiger partial charge on any atom is 0.358 e. The number of carbonyl (C=O) groups excluding carboxylic acids is 1. The zero-order valence-electron chi connectivity index (χ0n) is 10.1. The molecule has 0 unspecified atom stereocenters. The first-order valence-corrected chi connectivity index (χ1v) is 9.22. The minimum Gasteiger partial charge on any atom is -0.464 e. The van der Waals surface area contributed by atoms with Gasteiger partial charge in [0, 0.05) is 15.9 Å². The normalized spacial score (nSPS) is 11.5. The Morgan fingerprint density at radius 3 is 2.85 bits per heavy atom. The third-order valence-corrected chi connectivity index (χ3v) is 6.97. The van der Waals surface area contributed by atoms with Crippen molar-refractivity contribution in [3.63, 3.8) is 0 Å². The van der Waals surface area contributed by atoms with E-state index in [1.54, 1.807) is 0 Å². The lowest BCUT2D eigenvalue weighted by Gasteiger charge is -2.05. The van der Waals surface area contributed by atoms with E-state index in [0.29, 0.717) is 0 Å². The van der Waals surface area contributed by atoms with Crippen LogP contribution in [-0.2, 0) is 21.3 Å². The first-order valence-electron chi connectivity index (χ1n) is 5.19. The quantitative estimate of drug-likeness (QED) is 0.783. The second-order valence-electron chi connectivity index (χ2n) is 3.50. The highest BCUT2D eigenvalue weighted by Crippen LogP contribution is 2.24. The van der Waals surface area contributed by atoms with Crippen molar-refractivity contribution in [3.05, 3.63) is 32.0 Å². The first kappa shape index (κ1) is 15.6. The van der Waals surface area contributed by atoms with Gasteiger partial charge in [0.05, 0.1) is 12.6 Å². The van der Waals surface area contributed by atoms with E-state index in [0.717, 1.165) is 20.7 Å². The van der Waals surface area contributed by atoms with E-state index in [2.05, 4.69) is 30.4 Å². The van der Waals surface area contributed by atoms with Crippen LogP contribution in [-0.4, -0.2) is 26.5 Å². The number of hydrogen-bond acceptors (Lipinski definition) is 7. The Labute approximate surface area is 132 Å². The van der Waals surface area contributed by atoms with Crippen LogP contribution in [0.5, 0.6) is 0 Å². The van der Waals surface area contributed by atoms with Gasteiger partial charge in [-0.3, -0.25) is 0 Å². The van der Waals surface area contributed by atoms with E-state index in [1.807, 2.05) is 11.4 Å². The summed E-state index contributed by atoms with van der Waals surface area (Å²) in [6.45, 7) is 0.138. The van der Waals surface area contributed by atoms with Crippen LogP contribution in [0, 0.1) is 0 Å². The summed E-state index contributed by atoms with van der Waals surface area (Å²) in [5, 5.41) is 1.85. The average Bonchev–Trinajstić information content (AvgIpc) is 3.04. The molecule has 0 spiro atoms. The number of sulfonamides is 1. The number of rotatable bonds is 5. The molecule has 0 aliphatic rings. The third-order valence-electron chi connectivity index (χ3n) is 2.27. The molecule has 20 heavy (non-hydrogen) atoms. The van der Waals surface area contributed by atoms with Gasteiger partial charge in [0.1, 0.15) is 0 Å². The molecule has 108 valence electrons. The fourth-order valence-electron chi connectivity index (χ4n) is 1.34. The monoisotopic (exact) mass is 396 g/mol. The number of hydrogen-bond donors (Lipinski definition) is 1. The van der Waals surface area contributed by atoms with Crippen LogP contribution in [0.3, 0.4) is 0 Å². The van der Waals surface area contributed by atoms with Gasteiger partial charge >= 0.3 is 5.97 Å². The van der Waals surface area contributed by atoms with Crippen molar-refractivity contribution >= 4 is 54.6 Å². The summed E-state index contributed by atoms with van der Waals surface area (Å²) in [4.78, 5) is 16.0. The number of thiophene rings is 1. The van der Waals surface area contributed by atoms with Crippen molar-refractivity contribution < 1.29 is 17.9 Å². The zero-order valence-corrected chi connectivity index (χ0v) is 14.2. The number of aromatic nitrogens is 1. The van der Waals surface area contributed by atoms with Crippen LogP contribution in [0.25, 0.3) is 0 Å². The highest BCUT2D eigenvalue weighted by atomic mass is 79.9. The van der Waals surface area contributed by atoms with Gasteiger partial charge < -0.3 is 4.74 Å². The Hall–Kier alpha value is -0.810. The first-order chi connectivity index (χ1) is 9.45. The van der Waals surface area contributed by atoms with Gasteiger partial charge in [-0.15, -0.1) is 22.7 Å². The lowest BCUT2D eigenvalue weighted by Crippen LogP contribution is -2.24. The topological polar surface area (TPSA) is 85.4 Å². The summed E-state index contributed by atoms with van der Waals surface area (Å²) < 4.78 is 32.0. The molecule has 0 atom stereocenters. The van der Waals surface area contributed by atoms with Crippen molar-refractivity contribution in [1.82, 2.24) is 9.71 Å². The summed E-state index contributed by atoms with van der Waals surface area (Å²) in [5.41, 5.74) is 1.09. The fraction of sp³-hybridized carbons (Fsp3) is 0.200. The number of ether oxygens (including phenoxy) is 1. The predicted octanol–water partition coefficient (Wildman–Crippen LogP) is 2.23. The number of methoxy groups -OCH3 is 1. The summed E-state index contributed by atoms with van der Waals surface area (Å²) in [6.07, 6.45) is 0. The van der Waals surface area contributed by atoms with E-state index in [1.165, 1.54) is 24.0 Å². The Bertz CT molecular complexity index is 722. The smallest absolute Gasteiger partial charge is 0.358 e. The fourth-order valence-corrected chi connectivity index (χ4v) is 5.03. The molecule has 0 amide bonds. The van der Waals surface area contributed by atoms with E-state index in [-0.39, 0.29) is 16.4 Å². The second-order valence-corrected chi connectivity index (χ2v) is 8.17. The SMILES string of the molecule is COC(=O)c1ncsc1S(=O)(=O)NCc1sccc1Br. The lowest BCUT2D eigenvalue weighted by molar-refractivity contribution is 0.0590. The molecule has 2 aromatic rings. The van der Waals surface area contributed by atoms with Gasteiger partial charge in [-0.1, -0.05) is 0 Å². The molecule has 0 aliphatic carbocycles. The van der Waals surface area contributed by atoms with Crippen LogP contribution >= 0.6 is 38.6 Å². The summed E-state index contributed by atoms with van der Waals surface area (Å²) >= 11 is 5.62. The van der Waals surface area contributed by atoms with Crippen molar-refractivity contribution in [2.45, 2.75) is 10.8 Å². The molecule has 2 rings (SSSR count). The highest BCUT2D eigenvalue weighted by Gasteiger charge is 2.26. The molecule has 0 saturated heterocycles. The van der Waals surface area contributed by atoms with Gasteiger partial charge in [-0.2, -0.15) is 0 Å².